The average Bonchev–Trinajstić information content (AvgIpc) is 2.74. The molecular weight excluding hydrogens is 442 g/mol. The van der Waals surface area contributed by atoms with Crippen molar-refractivity contribution in [3.8, 4) is 5.75 Å². The van der Waals surface area contributed by atoms with Crippen LogP contribution in [0.2, 0.25) is 5.02 Å². The lowest BCUT2D eigenvalue weighted by atomic mass is 10.2. The molecule has 1 saturated heterocycles. The van der Waals surface area contributed by atoms with Crippen LogP contribution in [0.25, 0.3) is 0 Å². The van der Waals surface area contributed by atoms with E-state index in [2.05, 4.69) is 10.2 Å². The number of nitrogens with zero attached hydrogens (tertiary/aromatic N) is 2. The monoisotopic (exact) mass is 467 g/mol. The van der Waals surface area contributed by atoms with Gasteiger partial charge < -0.3 is 19.7 Å². The van der Waals surface area contributed by atoms with Crippen LogP contribution in [-0.4, -0.2) is 60.0 Å². The molecular formula is C21H26ClN3O5S. The highest BCUT2D eigenvalue weighted by Crippen LogP contribution is 2.34. The molecule has 1 amide bonds. The molecule has 1 aliphatic heterocycles. The fourth-order valence-corrected chi connectivity index (χ4v) is 4.78. The number of rotatable bonds is 7. The van der Waals surface area contributed by atoms with Crippen LogP contribution in [0, 0.1) is 0 Å². The maximum absolute atomic E-state index is 12.9. The van der Waals surface area contributed by atoms with Crippen molar-refractivity contribution in [1.82, 2.24) is 0 Å². The second kappa shape index (κ2) is 9.76. The van der Waals surface area contributed by atoms with E-state index in [-0.39, 0.29) is 5.69 Å². The molecule has 1 fully saturated rings. The third-order valence-electron chi connectivity index (χ3n) is 4.98. The quantitative estimate of drug-likeness (QED) is 0.673. The molecule has 1 heterocycles. The third kappa shape index (κ3) is 5.61. The number of amides is 1. The Hall–Kier alpha value is -2.49. The van der Waals surface area contributed by atoms with E-state index in [1.165, 1.54) is 20.1 Å². The van der Waals surface area contributed by atoms with Gasteiger partial charge in [0.05, 0.1) is 32.3 Å². The van der Waals surface area contributed by atoms with E-state index in [9.17, 15) is 13.2 Å². The van der Waals surface area contributed by atoms with Crippen LogP contribution < -0.4 is 19.3 Å². The minimum Gasteiger partial charge on any atom is -0.495 e. The van der Waals surface area contributed by atoms with Crippen LogP contribution in [0.4, 0.5) is 17.1 Å². The molecule has 0 bridgehead atoms. The molecule has 8 nitrogen and oxygen atoms in total. The summed E-state index contributed by atoms with van der Waals surface area (Å²) in [7, 11) is -2.39. The molecule has 0 aliphatic carbocycles. The first-order valence-corrected chi connectivity index (χ1v) is 12.0. The second-order valence-corrected chi connectivity index (χ2v) is 9.48. The Labute approximate surface area is 187 Å². The molecule has 1 unspecified atom stereocenters. The van der Waals surface area contributed by atoms with Gasteiger partial charge in [0.2, 0.25) is 15.9 Å². The number of benzene rings is 2. The van der Waals surface area contributed by atoms with Crippen LogP contribution in [0.15, 0.2) is 42.5 Å². The van der Waals surface area contributed by atoms with E-state index in [4.69, 9.17) is 21.1 Å². The van der Waals surface area contributed by atoms with Gasteiger partial charge in [-0.25, -0.2) is 8.42 Å². The molecule has 0 spiro atoms. The number of sulfonamides is 1. The first-order valence-electron chi connectivity index (χ1n) is 9.77. The zero-order valence-corrected chi connectivity index (χ0v) is 19.2. The summed E-state index contributed by atoms with van der Waals surface area (Å²) < 4.78 is 36.8. The van der Waals surface area contributed by atoms with Gasteiger partial charge in [-0.3, -0.25) is 9.10 Å². The van der Waals surface area contributed by atoms with Gasteiger partial charge in [-0.05, 0) is 49.4 Å². The standard InChI is InChI=1S/C21H26ClN3O5S/c1-15(25(31(3,27)28)19-14-16(22)4-9-20(19)29-2)21(26)23-17-5-7-18(8-6-17)24-10-12-30-13-11-24/h4-9,14-15H,10-13H2,1-3H3,(H,23,26). The smallest absolute Gasteiger partial charge is 0.247 e. The number of hydrogen-bond donors (Lipinski definition) is 1. The first kappa shape index (κ1) is 23.2. The lowest BCUT2D eigenvalue weighted by Gasteiger charge is -2.30. The molecule has 3 rings (SSSR count). The Morgan fingerprint density at radius 2 is 1.84 bits per heavy atom. The summed E-state index contributed by atoms with van der Waals surface area (Å²) in [5.74, 6) is -0.184. The summed E-state index contributed by atoms with van der Waals surface area (Å²) in [6, 6.07) is 11.0. The number of hydrogen-bond acceptors (Lipinski definition) is 6. The fraction of sp³-hybridized carbons (Fsp3) is 0.381. The summed E-state index contributed by atoms with van der Waals surface area (Å²) in [6.07, 6.45) is 1.04. The predicted molar refractivity (Wildman–Crippen MR) is 123 cm³/mol. The van der Waals surface area contributed by atoms with Crippen molar-refractivity contribution in [3.63, 3.8) is 0 Å². The Morgan fingerprint density at radius 3 is 2.42 bits per heavy atom. The zero-order valence-electron chi connectivity index (χ0n) is 17.7. The van der Waals surface area contributed by atoms with Gasteiger partial charge >= 0.3 is 0 Å². The van der Waals surface area contributed by atoms with Gasteiger partial charge in [-0.1, -0.05) is 11.6 Å². The van der Waals surface area contributed by atoms with Gasteiger partial charge in [0.15, 0.2) is 0 Å². The first-order chi connectivity index (χ1) is 14.7. The van der Waals surface area contributed by atoms with Gasteiger partial charge in [0, 0.05) is 29.5 Å². The summed E-state index contributed by atoms with van der Waals surface area (Å²) >= 11 is 6.07. The van der Waals surface area contributed by atoms with Gasteiger partial charge in [0.1, 0.15) is 11.8 Å². The molecule has 1 aliphatic rings. The third-order valence-corrected chi connectivity index (χ3v) is 6.44. The maximum atomic E-state index is 12.9. The van der Waals surface area contributed by atoms with Gasteiger partial charge in [-0.2, -0.15) is 0 Å². The Balaban J connectivity index is 1.80. The molecule has 0 saturated carbocycles. The number of nitrogens with one attached hydrogen (secondary N) is 1. The van der Waals surface area contributed by atoms with Crippen molar-refractivity contribution < 1.29 is 22.7 Å². The van der Waals surface area contributed by atoms with E-state index in [1.54, 1.807) is 24.3 Å². The van der Waals surface area contributed by atoms with Crippen LogP contribution in [0.5, 0.6) is 5.75 Å². The van der Waals surface area contributed by atoms with Crippen molar-refractivity contribution in [2.45, 2.75) is 13.0 Å². The predicted octanol–water partition coefficient (Wildman–Crippen LogP) is 2.98. The van der Waals surface area contributed by atoms with E-state index in [0.717, 1.165) is 29.3 Å². The average molecular weight is 468 g/mol. The lowest BCUT2D eigenvalue weighted by Crippen LogP contribution is -2.45. The van der Waals surface area contributed by atoms with E-state index < -0.39 is 22.0 Å². The highest BCUT2D eigenvalue weighted by Gasteiger charge is 2.31. The number of morpholine rings is 1. The normalized spacial score (nSPS) is 15.3. The summed E-state index contributed by atoms with van der Waals surface area (Å²) in [4.78, 5) is 15.1. The highest BCUT2D eigenvalue weighted by atomic mass is 35.5. The fourth-order valence-electron chi connectivity index (χ4n) is 3.44. The summed E-state index contributed by atoms with van der Waals surface area (Å²) in [6.45, 7) is 4.51. The number of anilines is 3. The molecule has 0 aromatic heterocycles. The molecule has 1 atom stereocenters. The zero-order chi connectivity index (χ0) is 22.6. The molecule has 2 aromatic rings. The van der Waals surface area contributed by atoms with Crippen LogP contribution in [0.1, 0.15) is 6.92 Å². The van der Waals surface area contributed by atoms with E-state index in [1.807, 2.05) is 12.1 Å². The number of halogens is 1. The summed E-state index contributed by atoms with van der Waals surface area (Å²) in [5.41, 5.74) is 1.80. The number of carbonyl (C=O) groups is 1. The highest BCUT2D eigenvalue weighted by molar-refractivity contribution is 7.92. The lowest BCUT2D eigenvalue weighted by molar-refractivity contribution is -0.116. The molecule has 10 heteroatoms. The Morgan fingerprint density at radius 1 is 1.19 bits per heavy atom. The van der Waals surface area contributed by atoms with Crippen molar-refractivity contribution >= 4 is 44.6 Å². The number of ether oxygens (including phenoxy) is 2. The Kier molecular flexibility index (Phi) is 7.30. The topological polar surface area (TPSA) is 88.2 Å². The minimum absolute atomic E-state index is 0.197. The Bertz CT molecular complexity index is 1020. The largest absolute Gasteiger partial charge is 0.495 e. The van der Waals surface area contributed by atoms with Crippen molar-refractivity contribution in [2.24, 2.45) is 0 Å². The molecule has 1 N–H and O–H groups in total. The number of carbonyl (C=O) groups excluding carboxylic acids is 1. The van der Waals surface area contributed by atoms with Crippen LogP contribution >= 0.6 is 11.6 Å². The van der Waals surface area contributed by atoms with Crippen molar-refractivity contribution in [3.05, 3.63) is 47.5 Å². The number of methoxy groups -OCH3 is 1. The van der Waals surface area contributed by atoms with E-state index >= 15 is 0 Å². The molecule has 31 heavy (non-hydrogen) atoms. The second-order valence-electron chi connectivity index (χ2n) is 7.19. The minimum atomic E-state index is -3.81. The van der Waals surface area contributed by atoms with E-state index in [0.29, 0.717) is 29.7 Å². The SMILES string of the molecule is COc1ccc(Cl)cc1N(C(C)C(=O)Nc1ccc(N2CCOCC2)cc1)S(C)(=O)=O. The molecule has 2 aromatic carbocycles. The molecule has 168 valence electrons. The molecule has 0 radical (unpaired) electrons. The van der Waals surface area contributed by atoms with Gasteiger partial charge in [0.25, 0.3) is 0 Å². The van der Waals surface area contributed by atoms with Gasteiger partial charge in [-0.15, -0.1) is 0 Å². The van der Waals surface area contributed by atoms with Crippen LogP contribution in [0.3, 0.4) is 0 Å². The van der Waals surface area contributed by atoms with Crippen molar-refractivity contribution in [1.29, 1.82) is 0 Å². The van der Waals surface area contributed by atoms with Crippen LogP contribution in [-0.2, 0) is 19.6 Å². The summed E-state index contributed by atoms with van der Waals surface area (Å²) in [5, 5.41) is 3.11. The maximum Gasteiger partial charge on any atom is 0.247 e. The van der Waals surface area contributed by atoms with Crippen molar-refractivity contribution in [2.75, 3.05) is 54.2 Å².